The number of aromatic nitrogens is 3. The smallest absolute Gasteiger partial charge is 0.383 e. The van der Waals surface area contributed by atoms with Gasteiger partial charge in [-0.15, -0.1) is 0 Å². The molecule has 0 unspecified atom stereocenters. The molecular formula is C21H18BrF3N6O2. The first-order valence-corrected chi connectivity index (χ1v) is 10.9. The summed E-state index contributed by atoms with van der Waals surface area (Å²) in [7, 11) is 0. The topological polar surface area (TPSA) is 106 Å². The highest BCUT2D eigenvalue weighted by atomic mass is 79.9. The van der Waals surface area contributed by atoms with Crippen LogP contribution in [0.2, 0.25) is 0 Å². The van der Waals surface area contributed by atoms with Crippen LogP contribution in [0.5, 0.6) is 0 Å². The molecule has 0 bridgehead atoms. The number of nitrogens with one attached hydrogen (secondary N) is 1. The van der Waals surface area contributed by atoms with E-state index < -0.39 is 23.6 Å². The zero-order chi connectivity index (χ0) is 23.9. The number of nitrogen functional groups attached to an aromatic ring is 1. The zero-order valence-corrected chi connectivity index (χ0v) is 18.8. The van der Waals surface area contributed by atoms with Crippen LogP contribution in [0.15, 0.2) is 42.7 Å². The van der Waals surface area contributed by atoms with Gasteiger partial charge in [0.25, 0.3) is 11.8 Å². The third-order valence-electron chi connectivity index (χ3n) is 5.29. The molecular weight excluding hydrogens is 505 g/mol. The fraction of sp³-hybridized carbons (Fsp3) is 0.238. The molecule has 0 spiro atoms. The number of nitrogens with two attached hydrogens (primary N) is 1. The molecule has 12 heteroatoms. The molecule has 0 saturated carbocycles. The zero-order valence-electron chi connectivity index (χ0n) is 17.2. The van der Waals surface area contributed by atoms with Crippen molar-refractivity contribution in [3.63, 3.8) is 0 Å². The summed E-state index contributed by atoms with van der Waals surface area (Å²) in [5.74, 6) is -1.03. The largest absolute Gasteiger partial charge is 0.416 e. The molecule has 1 atom stereocenters. The van der Waals surface area contributed by atoms with E-state index in [4.69, 9.17) is 5.73 Å². The lowest BCUT2D eigenvalue weighted by Crippen LogP contribution is -2.43. The second-order valence-electron chi connectivity index (χ2n) is 7.48. The summed E-state index contributed by atoms with van der Waals surface area (Å²) in [5.41, 5.74) is 5.73. The molecule has 0 saturated heterocycles. The molecule has 3 N–H and O–H groups in total. The first-order chi connectivity index (χ1) is 15.6. The normalized spacial score (nSPS) is 16.0. The van der Waals surface area contributed by atoms with E-state index in [0.717, 1.165) is 6.07 Å². The van der Waals surface area contributed by atoms with Gasteiger partial charge >= 0.3 is 6.18 Å². The fourth-order valence-corrected chi connectivity index (χ4v) is 4.17. The Kier molecular flexibility index (Phi) is 5.87. The Morgan fingerprint density at radius 2 is 2.09 bits per heavy atom. The van der Waals surface area contributed by atoms with Gasteiger partial charge in [0.15, 0.2) is 5.69 Å². The summed E-state index contributed by atoms with van der Waals surface area (Å²) in [6.07, 6.45) is -1.71. The summed E-state index contributed by atoms with van der Waals surface area (Å²) in [6, 6.07) is 6.32. The molecule has 0 aliphatic carbocycles. The first-order valence-electron chi connectivity index (χ1n) is 9.79. The Bertz CT molecular complexity index is 1240. The maximum Gasteiger partial charge on any atom is 0.416 e. The summed E-state index contributed by atoms with van der Waals surface area (Å²) >= 11 is 3.09. The first kappa shape index (κ1) is 22.8. The lowest BCUT2D eigenvalue weighted by molar-refractivity contribution is -0.138. The number of anilines is 3. The predicted octanol–water partition coefficient (Wildman–Crippen LogP) is 4.25. The van der Waals surface area contributed by atoms with Crippen molar-refractivity contribution in [3.05, 3.63) is 65.1 Å². The van der Waals surface area contributed by atoms with Gasteiger partial charge in [0.05, 0.1) is 29.1 Å². The van der Waals surface area contributed by atoms with Crippen LogP contribution >= 0.6 is 15.9 Å². The molecule has 1 aliphatic rings. The van der Waals surface area contributed by atoms with Crippen molar-refractivity contribution in [2.45, 2.75) is 24.5 Å². The maximum atomic E-state index is 13.4. The van der Waals surface area contributed by atoms with E-state index in [-0.39, 0.29) is 46.2 Å². The van der Waals surface area contributed by atoms with Crippen molar-refractivity contribution in [2.75, 3.05) is 22.5 Å². The maximum absolute atomic E-state index is 13.4. The van der Waals surface area contributed by atoms with Crippen LogP contribution in [0.25, 0.3) is 0 Å². The number of hydrogen-bond donors (Lipinski definition) is 2. The third-order valence-corrected chi connectivity index (χ3v) is 5.89. The molecule has 172 valence electrons. The Labute approximate surface area is 194 Å². The number of benzene rings is 1. The van der Waals surface area contributed by atoms with Gasteiger partial charge < -0.3 is 16.0 Å². The Morgan fingerprint density at radius 3 is 2.76 bits per heavy atom. The van der Waals surface area contributed by atoms with Gasteiger partial charge in [0.1, 0.15) is 5.82 Å². The predicted molar refractivity (Wildman–Crippen MR) is 119 cm³/mol. The van der Waals surface area contributed by atoms with Gasteiger partial charge in [-0.05, 0) is 42.8 Å². The van der Waals surface area contributed by atoms with Crippen molar-refractivity contribution in [2.24, 2.45) is 0 Å². The molecule has 0 radical (unpaired) electrons. The van der Waals surface area contributed by atoms with Crippen LogP contribution in [-0.2, 0) is 11.5 Å². The molecule has 1 aromatic carbocycles. The van der Waals surface area contributed by atoms with E-state index in [1.54, 1.807) is 6.07 Å². The number of amides is 2. The number of fused-ring (bicyclic) bond motifs is 1. The highest BCUT2D eigenvalue weighted by Crippen LogP contribution is 2.37. The van der Waals surface area contributed by atoms with E-state index >= 15 is 0 Å². The third kappa shape index (κ3) is 4.17. The lowest BCUT2D eigenvalue weighted by atomic mass is 10.1. The van der Waals surface area contributed by atoms with Gasteiger partial charge in [-0.1, -0.05) is 15.9 Å². The van der Waals surface area contributed by atoms with E-state index in [1.165, 1.54) is 40.2 Å². The van der Waals surface area contributed by atoms with Crippen LogP contribution in [0.3, 0.4) is 0 Å². The number of halogens is 4. The minimum atomic E-state index is -4.51. The highest BCUT2D eigenvalue weighted by molar-refractivity contribution is 9.08. The van der Waals surface area contributed by atoms with E-state index in [0.29, 0.717) is 5.69 Å². The van der Waals surface area contributed by atoms with E-state index in [1.807, 2.05) is 6.92 Å². The lowest BCUT2D eigenvalue weighted by Gasteiger charge is -2.32. The van der Waals surface area contributed by atoms with Crippen LogP contribution < -0.4 is 16.0 Å². The standard InChI is InChI=1S/C21H18BrF3N6O2/c1-11-10-30(13-4-5-15(21(23,24)25)12(7-13)8-22)20(33)17-16(9-28-31(11)17)29-19(32)14-3-2-6-27-18(14)26/h2-7,9,11H,8,10H2,1H3,(H2,26,27)(H,29,32)/t11-/m0/s1. The molecule has 4 rings (SSSR count). The molecule has 0 fully saturated rings. The van der Waals surface area contributed by atoms with E-state index in [9.17, 15) is 22.8 Å². The molecule has 1 aliphatic heterocycles. The quantitative estimate of drug-likeness (QED) is 0.498. The van der Waals surface area contributed by atoms with Gasteiger partial charge in [-0.25, -0.2) is 4.98 Å². The Balaban J connectivity index is 1.68. The average molecular weight is 523 g/mol. The highest BCUT2D eigenvalue weighted by Gasteiger charge is 2.36. The van der Waals surface area contributed by atoms with Crippen LogP contribution in [-0.4, -0.2) is 33.1 Å². The summed E-state index contributed by atoms with van der Waals surface area (Å²) in [6.45, 7) is 2.01. The minimum Gasteiger partial charge on any atom is -0.383 e. The van der Waals surface area contributed by atoms with Gasteiger partial charge in [-0.2, -0.15) is 18.3 Å². The van der Waals surface area contributed by atoms with Crippen molar-refractivity contribution in [1.29, 1.82) is 0 Å². The molecule has 3 heterocycles. The second kappa shape index (κ2) is 8.50. The number of carbonyl (C=O) groups is 2. The van der Waals surface area contributed by atoms with Crippen LogP contribution in [0.4, 0.5) is 30.4 Å². The minimum absolute atomic E-state index is 0.0140. The van der Waals surface area contributed by atoms with E-state index in [2.05, 4.69) is 31.3 Å². The number of pyridine rings is 1. The average Bonchev–Trinajstić information content (AvgIpc) is 3.19. The monoisotopic (exact) mass is 522 g/mol. The van der Waals surface area contributed by atoms with Crippen LogP contribution in [0, 0.1) is 0 Å². The number of alkyl halides is 4. The molecule has 2 aromatic heterocycles. The summed E-state index contributed by atoms with van der Waals surface area (Å²) < 4.78 is 41.3. The second-order valence-corrected chi connectivity index (χ2v) is 8.04. The molecule has 3 aromatic rings. The van der Waals surface area contributed by atoms with Crippen molar-refractivity contribution in [3.8, 4) is 0 Å². The van der Waals surface area contributed by atoms with Gasteiger partial charge in [-0.3, -0.25) is 14.3 Å². The Hall–Kier alpha value is -3.41. The van der Waals surface area contributed by atoms with Crippen molar-refractivity contribution < 1.29 is 22.8 Å². The molecule has 33 heavy (non-hydrogen) atoms. The van der Waals surface area contributed by atoms with Crippen molar-refractivity contribution in [1.82, 2.24) is 14.8 Å². The number of carbonyl (C=O) groups excluding carboxylic acids is 2. The Morgan fingerprint density at radius 1 is 1.33 bits per heavy atom. The van der Waals surface area contributed by atoms with Crippen molar-refractivity contribution >= 4 is 44.9 Å². The van der Waals surface area contributed by atoms with Crippen LogP contribution in [0.1, 0.15) is 44.9 Å². The van der Waals surface area contributed by atoms with Gasteiger partial charge in [0.2, 0.25) is 0 Å². The SMILES string of the molecule is C[C@H]1CN(c2ccc(C(F)(F)F)c(CBr)c2)C(=O)c2c(NC(=O)c3cccnc3N)cnn21. The summed E-state index contributed by atoms with van der Waals surface area (Å²) in [4.78, 5) is 31.3. The number of hydrogen-bond acceptors (Lipinski definition) is 5. The van der Waals surface area contributed by atoms with Gasteiger partial charge in [0, 0.05) is 23.8 Å². The summed E-state index contributed by atoms with van der Waals surface area (Å²) in [5, 5.41) is 6.82. The molecule has 8 nitrogen and oxygen atoms in total. The molecule has 2 amide bonds. The fourth-order valence-electron chi connectivity index (χ4n) is 3.71. The number of nitrogens with zero attached hydrogens (tertiary/aromatic N) is 4. The number of rotatable bonds is 4.